The molecule has 0 fully saturated rings. The van der Waals surface area contributed by atoms with Crippen molar-refractivity contribution >= 4 is 17.4 Å². The highest BCUT2D eigenvalue weighted by molar-refractivity contribution is 7.98. The molecule has 2 aromatic rings. The molecular weight excluding hydrogens is 269 g/mol. The Balaban J connectivity index is 2.18. The molecule has 0 atom stereocenters. The van der Waals surface area contributed by atoms with Gasteiger partial charge in [-0.1, -0.05) is 12.1 Å². The topological polar surface area (TPSA) is 61.0 Å². The number of thioether (sulfide) groups is 1. The van der Waals surface area contributed by atoms with Crippen LogP contribution in [0.1, 0.15) is 11.3 Å². The average Bonchev–Trinajstić information content (AvgIpc) is 2.66. The van der Waals surface area contributed by atoms with Gasteiger partial charge in [-0.2, -0.15) is 9.49 Å². The molecule has 0 N–H and O–H groups in total. The number of aryl methyl sites for hydroxylation is 2. The van der Waals surface area contributed by atoms with Crippen LogP contribution in [0.3, 0.4) is 0 Å². The maximum absolute atomic E-state index is 13.9. The number of hydrogen-bond donors (Lipinski definition) is 0. The molecule has 0 saturated carbocycles. The van der Waals surface area contributed by atoms with E-state index in [1.807, 2.05) is 13.0 Å². The van der Waals surface area contributed by atoms with E-state index < -0.39 is 16.4 Å². The van der Waals surface area contributed by atoms with Gasteiger partial charge in [0.2, 0.25) is 5.82 Å². The van der Waals surface area contributed by atoms with Gasteiger partial charge in [0.25, 0.3) is 0 Å². The van der Waals surface area contributed by atoms with Gasteiger partial charge in [-0.3, -0.25) is 14.8 Å². The third-order valence-corrected chi connectivity index (χ3v) is 3.72. The number of benzene rings is 1. The zero-order chi connectivity index (χ0) is 14.0. The molecule has 1 heterocycles. The van der Waals surface area contributed by atoms with Crippen molar-refractivity contribution in [1.82, 2.24) is 9.78 Å². The van der Waals surface area contributed by atoms with Crippen LogP contribution >= 0.6 is 11.8 Å². The lowest BCUT2D eigenvalue weighted by atomic mass is 10.2. The van der Waals surface area contributed by atoms with Gasteiger partial charge in [0.05, 0.1) is 15.6 Å². The van der Waals surface area contributed by atoms with Crippen LogP contribution in [0.5, 0.6) is 0 Å². The van der Waals surface area contributed by atoms with Gasteiger partial charge in [0.15, 0.2) is 0 Å². The molecule has 0 saturated heterocycles. The van der Waals surface area contributed by atoms with Crippen molar-refractivity contribution in [3.63, 3.8) is 0 Å². The van der Waals surface area contributed by atoms with E-state index in [0.29, 0.717) is 11.3 Å². The summed E-state index contributed by atoms with van der Waals surface area (Å²) < 4.78 is 15.6. The maximum atomic E-state index is 13.9. The highest BCUT2D eigenvalue weighted by atomic mass is 32.2. The van der Waals surface area contributed by atoms with Gasteiger partial charge >= 0.3 is 5.69 Å². The normalized spacial score (nSPS) is 10.7. The monoisotopic (exact) mass is 281 g/mol. The van der Waals surface area contributed by atoms with Gasteiger partial charge in [-0.25, -0.2) is 0 Å². The summed E-state index contributed by atoms with van der Waals surface area (Å²) in [7, 11) is 1.80. The zero-order valence-electron chi connectivity index (χ0n) is 10.5. The van der Waals surface area contributed by atoms with Crippen molar-refractivity contribution in [3.05, 3.63) is 51.5 Å². The third kappa shape index (κ3) is 2.93. The number of nitro benzene ring substituents is 1. The van der Waals surface area contributed by atoms with E-state index in [-0.39, 0.29) is 0 Å². The molecule has 0 aliphatic carbocycles. The first kappa shape index (κ1) is 13.5. The number of hydrogen-bond acceptors (Lipinski definition) is 4. The molecule has 7 heteroatoms. The lowest BCUT2D eigenvalue weighted by molar-refractivity contribution is -0.387. The minimum absolute atomic E-state index is 0.318. The van der Waals surface area contributed by atoms with Crippen molar-refractivity contribution < 1.29 is 9.31 Å². The highest BCUT2D eigenvalue weighted by Gasteiger charge is 2.17. The van der Waals surface area contributed by atoms with E-state index in [4.69, 9.17) is 0 Å². The lowest BCUT2D eigenvalue weighted by Crippen LogP contribution is -1.97. The van der Waals surface area contributed by atoms with Crippen molar-refractivity contribution in [2.45, 2.75) is 17.7 Å². The number of nitrogens with zero attached hydrogens (tertiary/aromatic N) is 3. The largest absolute Gasteiger partial charge is 0.305 e. The summed E-state index contributed by atoms with van der Waals surface area (Å²) in [5.74, 6) is -0.439. The van der Waals surface area contributed by atoms with Crippen molar-refractivity contribution in [2.75, 3.05) is 0 Å². The van der Waals surface area contributed by atoms with Crippen LogP contribution in [0.4, 0.5) is 10.1 Å². The molecule has 0 bridgehead atoms. The molecule has 0 aliphatic rings. The summed E-state index contributed by atoms with van der Waals surface area (Å²) >= 11 is 1.39. The number of nitro groups is 1. The van der Waals surface area contributed by atoms with Crippen LogP contribution in [0.15, 0.2) is 29.3 Å². The minimum atomic E-state index is -0.765. The first-order valence-electron chi connectivity index (χ1n) is 5.54. The maximum Gasteiger partial charge on any atom is 0.305 e. The Morgan fingerprint density at radius 1 is 1.53 bits per heavy atom. The summed E-state index contributed by atoms with van der Waals surface area (Å²) in [6, 6.07) is 6.10. The van der Waals surface area contributed by atoms with Crippen LogP contribution in [0, 0.1) is 22.9 Å². The molecule has 19 heavy (non-hydrogen) atoms. The van der Waals surface area contributed by atoms with Gasteiger partial charge in [0.1, 0.15) is 0 Å². The van der Waals surface area contributed by atoms with Crippen LogP contribution in [-0.2, 0) is 12.8 Å². The van der Waals surface area contributed by atoms with Crippen LogP contribution in [0.2, 0.25) is 0 Å². The Labute approximate surface area is 113 Å². The SMILES string of the molecule is Cc1cc(SCc2cccc([N+](=O)[O-])c2F)n(C)n1. The Hall–Kier alpha value is -1.89. The molecule has 0 aliphatic heterocycles. The van der Waals surface area contributed by atoms with Crippen molar-refractivity contribution in [3.8, 4) is 0 Å². The predicted octanol–water partition coefficient (Wildman–Crippen LogP) is 3.07. The fourth-order valence-electron chi connectivity index (χ4n) is 1.69. The fourth-order valence-corrected chi connectivity index (χ4v) is 2.70. The van der Waals surface area contributed by atoms with E-state index in [9.17, 15) is 14.5 Å². The van der Waals surface area contributed by atoms with Gasteiger partial charge in [-0.15, -0.1) is 11.8 Å². The summed E-state index contributed by atoms with van der Waals surface area (Å²) in [5.41, 5.74) is 0.710. The smallest absolute Gasteiger partial charge is 0.262 e. The van der Waals surface area contributed by atoms with Crippen LogP contribution in [0.25, 0.3) is 0 Å². The van der Waals surface area contributed by atoms with E-state index >= 15 is 0 Å². The minimum Gasteiger partial charge on any atom is -0.262 e. The van der Waals surface area contributed by atoms with E-state index in [0.717, 1.165) is 16.8 Å². The number of aromatic nitrogens is 2. The predicted molar refractivity (Wildman–Crippen MR) is 70.6 cm³/mol. The Kier molecular flexibility index (Phi) is 3.84. The van der Waals surface area contributed by atoms with Gasteiger partial charge in [0, 0.05) is 24.4 Å². The molecular formula is C12H12FN3O2S. The highest BCUT2D eigenvalue weighted by Crippen LogP contribution is 2.27. The number of halogens is 1. The molecule has 100 valence electrons. The van der Waals surface area contributed by atoms with E-state index in [1.165, 1.54) is 17.8 Å². The summed E-state index contributed by atoms with van der Waals surface area (Å²) in [5, 5.41) is 15.7. The summed E-state index contributed by atoms with van der Waals surface area (Å²) in [6.45, 7) is 1.87. The zero-order valence-corrected chi connectivity index (χ0v) is 11.3. The van der Waals surface area contributed by atoms with Crippen LogP contribution < -0.4 is 0 Å². The molecule has 5 nitrogen and oxygen atoms in total. The molecule has 0 unspecified atom stereocenters. The van der Waals surface area contributed by atoms with Gasteiger partial charge < -0.3 is 0 Å². The summed E-state index contributed by atoms with van der Waals surface area (Å²) in [6.07, 6.45) is 0. The standard InChI is InChI=1S/C12H12FN3O2S/c1-8-6-11(15(2)14-8)19-7-9-4-3-5-10(12(9)13)16(17)18/h3-6H,7H2,1-2H3. The molecule has 1 aromatic carbocycles. The molecule has 0 spiro atoms. The van der Waals surface area contributed by atoms with Crippen LogP contribution in [-0.4, -0.2) is 14.7 Å². The molecule has 0 radical (unpaired) electrons. The molecule has 2 rings (SSSR count). The molecule has 1 aromatic heterocycles. The average molecular weight is 281 g/mol. The summed E-state index contributed by atoms with van der Waals surface area (Å²) in [4.78, 5) is 9.94. The Morgan fingerprint density at radius 2 is 2.26 bits per heavy atom. The van der Waals surface area contributed by atoms with E-state index in [1.54, 1.807) is 17.8 Å². The Bertz CT molecular complexity index is 627. The fraction of sp³-hybridized carbons (Fsp3) is 0.250. The lowest BCUT2D eigenvalue weighted by Gasteiger charge is -2.04. The molecule has 0 amide bonds. The first-order chi connectivity index (χ1) is 8.99. The van der Waals surface area contributed by atoms with Crippen molar-refractivity contribution in [2.24, 2.45) is 7.05 Å². The van der Waals surface area contributed by atoms with E-state index in [2.05, 4.69) is 5.10 Å². The second kappa shape index (κ2) is 5.40. The quantitative estimate of drug-likeness (QED) is 0.491. The Morgan fingerprint density at radius 3 is 2.84 bits per heavy atom. The van der Waals surface area contributed by atoms with Gasteiger partial charge in [-0.05, 0) is 13.0 Å². The second-order valence-corrected chi connectivity index (χ2v) is 5.04. The second-order valence-electron chi connectivity index (χ2n) is 4.04. The number of rotatable bonds is 4. The third-order valence-electron chi connectivity index (χ3n) is 2.59. The van der Waals surface area contributed by atoms with Crippen molar-refractivity contribution in [1.29, 1.82) is 0 Å². The first-order valence-corrected chi connectivity index (χ1v) is 6.53.